The van der Waals surface area contributed by atoms with Crippen molar-refractivity contribution in [1.82, 2.24) is 0 Å². The minimum Gasteiger partial charge on any atom is -0.454 e. The van der Waals surface area contributed by atoms with Gasteiger partial charge in [-0.05, 0) is 31.2 Å². The van der Waals surface area contributed by atoms with Gasteiger partial charge in [-0.2, -0.15) is 0 Å². The van der Waals surface area contributed by atoms with E-state index in [1.807, 2.05) is 12.1 Å². The van der Waals surface area contributed by atoms with E-state index in [1.54, 1.807) is 31.2 Å². The molecule has 2 nitrogen and oxygen atoms in total. The molecule has 0 aliphatic carbocycles. The highest BCUT2D eigenvalue weighted by molar-refractivity contribution is 9.10. The first-order valence-electron chi connectivity index (χ1n) is 5.55. The van der Waals surface area contributed by atoms with Crippen LogP contribution < -0.4 is 10.5 Å². The molecule has 2 aromatic rings. The van der Waals surface area contributed by atoms with E-state index in [9.17, 15) is 4.39 Å². The number of halogens is 2. The van der Waals surface area contributed by atoms with E-state index < -0.39 is 5.82 Å². The Morgan fingerprint density at radius 3 is 2.61 bits per heavy atom. The van der Waals surface area contributed by atoms with Crippen molar-refractivity contribution in [3.63, 3.8) is 0 Å². The van der Waals surface area contributed by atoms with Crippen molar-refractivity contribution in [2.45, 2.75) is 13.0 Å². The second-order valence-corrected chi connectivity index (χ2v) is 4.92. The molecule has 0 aliphatic rings. The number of hydrogen-bond acceptors (Lipinski definition) is 2. The fourth-order valence-electron chi connectivity index (χ4n) is 1.64. The maximum absolute atomic E-state index is 13.8. The molecule has 0 radical (unpaired) electrons. The van der Waals surface area contributed by atoms with Crippen molar-refractivity contribution in [2.75, 3.05) is 0 Å². The minimum atomic E-state index is -0.412. The molecule has 2 N–H and O–H groups in total. The Morgan fingerprint density at radius 2 is 1.94 bits per heavy atom. The Balaban J connectivity index is 2.39. The van der Waals surface area contributed by atoms with Gasteiger partial charge in [0, 0.05) is 16.1 Å². The van der Waals surface area contributed by atoms with Gasteiger partial charge in [0.1, 0.15) is 5.75 Å². The van der Waals surface area contributed by atoms with Crippen LogP contribution in [-0.4, -0.2) is 0 Å². The van der Waals surface area contributed by atoms with E-state index in [0.29, 0.717) is 11.3 Å². The highest BCUT2D eigenvalue weighted by Gasteiger charge is 2.13. The average molecular weight is 310 g/mol. The quantitative estimate of drug-likeness (QED) is 0.912. The first kappa shape index (κ1) is 13.1. The monoisotopic (exact) mass is 309 g/mol. The Morgan fingerprint density at radius 1 is 1.22 bits per heavy atom. The Hall–Kier alpha value is -1.39. The highest BCUT2D eigenvalue weighted by Crippen LogP contribution is 2.32. The highest BCUT2D eigenvalue weighted by atomic mass is 79.9. The predicted octanol–water partition coefficient (Wildman–Crippen LogP) is 4.40. The smallest absolute Gasteiger partial charge is 0.167 e. The Labute approximate surface area is 114 Å². The topological polar surface area (TPSA) is 35.2 Å². The van der Waals surface area contributed by atoms with Crippen LogP contribution in [0.1, 0.15) is 18.5 Å². The molecule has 0 amide bonds. The van der Waals surface area contributed by atoms with Crippen molar-refractivity contribution in [2.24, 2.45) is 5.73 Å². The molecule has 0 bridgehead atoms. The number of hydrogen-bond donors (Lipinski definition) is 1. The molecule has 0 saturated carbocycles. The van der Waals surface area contributed by atoms with Crippen LogP contribution in [0.25, 0.3) is 0 Å². The van der Waals surface area contributed by atoms with E-state index in [1.165, 1.54) is 6.07 Å². The molecule has 2 aromatic carbocycles. The Bertz CT molecular complexity index is 557. The van der Waals surface area contributed by atoms with Gasteiger partial charge in [0.15, 0.2) is 11.6 Å². The summed E-state index contributed by atoms with van der Waals surface area (Å²) >= 11 is 3.34. The summed E-state index contributed by atoms with van der Waals surface area (Å²) in [5, 5.41) is 0. The fourth-order valence-corrected chi connectivity index (χ4v) is 2.02. The van der Waals surface area contributed by atoms with E-state index in [2.05, 4.69) is 15.9 Å². The lowest BCUT2D eigenvalue weighted by atomic mass is 10.1. The van der Waals surface area contributed by atoms with Gasteiger partial charge in [-0.3, -0.25) is 0 Å². The molecule has 0 unspecified atom stereocenters. The summed E-state index contributed by atoms with van der Waals surface area (Å²) < 4.78 is 20.3. The Kier molecular flexibility index (Phi) is 3.99. The lowest BCUT2D eigenvalue weighted by Crippen LogP contribution is -2.07. The lowest BCUT2D eigenvalue weighted by molar-refractivity contribution is 0.432. The normalized spacial score (nSPS) is 12.2. The largest absolute Gasteiger partial charge is 0.454 e. The molecule has 0 saturated heterocycles. The van der Waals surface area contributed by atoms with Crippen molar-refractivity contribution >= 4 is 15.9 Å². The third-order valence-electron chi connectivity index (χ3n) is 2.50. The van der Waals surface area contributed by atoms with Crippen LogP contribution in [0, 0.1) is 5.82 Å². The first-order chi connectivity index (χ1) is 8.58. The molecule has 18 heavy (non-hydrogen) atoms. The summed E-state index contributed by atoms with van der Waals surface area (Å²) in [4.78, 5) is 0. The molecule has 0 fully saturated rings. The summed E-state index contributed by atoms with van der Waals surface area (Å²) in [5.74, 6) is 0.340. The molecular formula is C14H13BrFNO. The van der Waals surface area contributed by atoms with Gasteiger partial charge in [0.05, 0.1) is 0 Å². The minimum absolute atomic E-state index is 0.186. The van der Waals surface area contributed by atoms with Gasteiger partial charge in [-0.1, -0.05) is 34.1 Å². The van der Waals surface area contributed by atoms with Gasteiger partial charge < -0.3 is 10.5 Å². The zero-order valence-corrected chi connectivity index (χ0v) is 11.4. The van der Waals surface area contributed by atoms with Gasteiger partial charge in [0.25, 0.3) is 0 Å². The van der Waals surface area contributed by atoms with Crippen LogP contribution in [0.5, 0.6) is 11.5 Å². The maximum atomic E-state index is 13.8. The van der Waals surface area contributed by atoms with Crippen LogP contribution in [0.15, 0.2) is 46.9 Å². The molecule has 0 spiro atoms. The van der Waals surface area contributed by atoms with Crippen molar-refractivity contribution < 1.29 is 9.13 Å². The number of para-hydroxylation sites is 1. The molecule has 1 atom stereocenters. The average Bonchev–Trinajstić information content (AvgIpc) is 2.31. The van der Waals surface area contributed by atoms with Crippen LogP contribution >= 0.6 is 15.9 Å². The molecule has 94 valence electrons. The zero-order chi connectivity index (χ0) is 13.1. The number of ether oxygens (including phenoxy) is 1. The molecule has 0 aliphatic heterocycles. The molecular weight excluding hydrogens is 297 g/mol. The van der Waals surface area contributed by atoms with Crippen molar-refractivity contribution in [1.29, 1.82) is 0 Å². The van der Waals surface area contributed by atoms with Crippen LogP contribution in [0.3, 0.4) is 0 Å². The van der Waals surface area contributed by atoms with Crippen LogP contribution in [0.2, 0.25) is 0 Å². The zero-order valence-electron chi connectivity index (χ0n) is 9.86. The first-order valence-corrected chi connectivity index (χ1v) is 6.34. The third-order valence-corrected chi connectivity index (χ3v) is 3.00. The SMILES string of the molecule is C[C@H](N)c1cccc(F)c1Oc1cccc(Br)c1. The van der Waals surface area contributed by atoms with Crippen LogP contribution in [0.4, 0.5) is 4.39 Å². The van der Waals surface area contributed by atoms with Crippen LogP contribution in [-0.2, 0) is 0 Å². The second kappa shape index (κ2) is 5.50. The number of benzene rings is 2. The van der Waals surface area contributed by atoms with Gasteiger partial charge >= 0.3 is 0 Å². The summed E-state index contributed by atoms with van der Waals surface area (Å²) in [6.07, 6.45) is 0. The van der Waals surface area contributed by atoms with Gasteiger partial charge in [-0.15, -0.1) is 0 Å². The van der Waals surface area contributed by atoms with E-state index in [4.69, 9.17) is 10.5 Å². The van der Waals surface area contributed by atoms with E-state index >= 15 is 0 Å². The van der Waals surface area contributed by atoms with Gasteiger partial charge in [-0.25, -0.2) is 4.39 Å². The standard InChI is InChI=1S/C14H13BrFNO/c1-9(17)12-6-3-7-13(16)14(12)18-11-5-2-4-10(15)8-11/h2-9H,17H2,1H3/t9-/m0/s1. The predicted molar refractivity (Wildman–Crippen MR) is 73.2 cm³/mol. The van der Waals surface area contributed by atoms with E-state index in [0.717, 1.165) is 4.47 Å². The molecule has 4 heteroatoms. The van der Waals surface area contributed by atoms with Crippen molar-refractivity contribution in [3.05, 3.63) is 58.3 Å². The maximum Gasteiger partial charge on any atom is 0.167 e. The van der Waals surface area contributed by atoms with Gasteiger partial charge in [0.2, 0.25) is 0 Å². The molecule has 2 rings (SSSR count). The summed E-state index contributed by atoms with van der Waals surface area (Å²) in [6, 6.07) is 11.7. The lowest BCUT2D eigenvalue weighted by Gasteiger charge is -2.14. The molecule has 0 aromatic heterocycles. The number of nitrogens with two attached hydrogens (primary N) is 1. The fraction of sp³-hybridized carbons (Fsp3) is 0.143. The van der Waals surface area contributed by atoms with Crippen molar-refractivity contribution in [3.8, 4) is 11.5 Å². The summed E-state index contributed by atoms with van der Waals surface area (Å²) in [5.41, 5.74) is 6.46. The summed E-state index contributed by atoms with van der Waals surface area (Å²) in [7, 11) is 0. The molecule has 0 heterocycles. The third kappa shape index (κ3) is 2.89. The van der Waals surface area contributed by atoms with E-state index in [-0.39, 0.29) is 11.8 Å². The summed E-state index contributed by atoms with van der Waals surface area (Å²) in [6.45, 7) is 1.79. The number of rotatable bonds is 3. The second-order valence-electron chi connectivity index (χ2n) is 4.01.